The Morgan fingerprint density at radius 1 is 1.40 bits per heavy atom. The number of hydrogen-bond donors (Lipinski definition) is 1. The molecule has 5 nitrogen and oxygen atoms in total. The molecule has 1 aromatic rings. The van der Waals surface area contributed by atoms with Crippen LogP contribution in [0.25, 0.3) is 0 Å². The second-order valence-corrected chi connectivity index (χ2v) is 11.2. The maximum Gasteiger partial charge on any atom is 0.225 e. The smallest absolute Gasteiger partial charge is 0.225 e. The summed E-state index contributed by atoms with van der Waals surface area (Å²) in [5.74, 6) is 0.542. The second-order valence-electron chi connectivity index (χ2n) is 6.05. The number of nitrogens with one attached hydrogen (secondary N) is 1. The normalized spacial score (nSPS) is 12.1. The molecule has 7 heteroatoms. The Bertz CT molecular complexity index is 508. The summed E-state index contributed by atoms with van der Waals surface area (Å²) < 4.78 is 6.04. The van der Waals surface area contributed by atoms with Crippen LogP contribution in [0.2, 0.25) is 23.4 Å². The van der Waals surface area contributed by atoms with Gasteiger partial charge in [0.1, 0.15) is 17.6 Å². The number of anilines is 1. The van der Waals surface area contributed by atoms with Crippen molar-refractivity contribution in [3.63, 3.8) is 0 Å². The summed E-state index contributed by atoms with van der Waals surface area (Å²) in [7, 11) is -1.72. The van der Waals surface area contributed by atoms with Crippen LogP contribution in [0.5, 0.6) is 0 Å². The van der Waals surface area contributed by atoms with Crippen LogP contribution >= 0.6 is 11.6 Å². The van der Waals surface area contributed by atoms with Crippen molar-refractivity contribution in [1.82, 2.24) is 9.97 Å². The Balaban J connectivity index is 2.50. The monoisotopic (exact) mass is 312 g/mol. The molecule has 0 saturated heterocycles. The van der Waals surface area contributed by atoms with Crippen LogP contribution in [0.15, 0.2) is 6.07 Å². The van der Waals surface area contributed by atoms with Gasteiger partial charge in [0.25, 0.3) is 0 Å². The molecule has 0 aliphatic rings. The topological polar surface area (TPSA) is 70.8 Å². The molecule has 1 rings (SSSR count). The minimum absolute atomic E-state index is 0.0665. The first-order chi connectivity index (χ1) is 9.15. The summed E-state index contributed by atoms with van der Waals surface area (Å²) in [6, 6.07) is 3.51. The maximum atomic E-state index is 8.81. The van der Waals surface area contributed by atoms with E-state index in [0.717, 1.165) is 0 Å². The lowest BCUT2D eigenvalue weighted by Gasteiger charge is -2.36. The van der Waals surface area contributed by atoms with E-state index in [9.17, 15) is 0 Å². The van der Waals surface area contributed by atoms with Crippen molar-refractivity contribution in [1.29, 1.82) is 5.26 Å². The van der Waals surface area contributed by atoms with Gasteiger partial charge in [0.2, 0.25) is 5.28 Å². The van der Waals surface area contributed by atoms with Crippen LogP contribution in [0.3, 0.4) is 0 Å². The fourth-order valence-electron chi connectivity index (χ4n) is 1.27. The molecule has 110 valence electrons. The molecular weight excluding hydrogens is 292 g/mol. The molecule has 1 aromatic heterocycles. The molecule has 0 spiro atoms. The highest BCUT2D eigenvalue weighted by molar-refractivity contribution is 6.74. The zero-order chi connectivity index (χ0) is 15.4. The van der Waals surface area contributed by atoms with Crippen LogP contribution in [0.4, 0.5) is 5.82 Å². The van der Waals surface area contributed by atoms with Crippen LogP contribution in [-0.4, -0.2) is 31.4 Å². The Hall–Kier alpha value is -1.16. The van der Waals surface area contributed by atoms with Crippen LogP contribution < -0.4 is 5.32 Å². The molecule has 0 aromatic carbocycles. The highest BCUT2D eigenvalue weighted by Crippen LogP contribution is 2.36. The van der Waals surface area contributed by atoms with Gasteiger partial charge in [-0.2, -0.15) is 5.26 Å². The average molecular weight is 313 g/mol. The van der Waals surface area contributed by atoms with Crippen molar-refractivity contribution in [3.8, 4) is 6.07 Å². The lowest BCUT2D eigenvalue weighted by molar-refractivity contribution is 0.301. The minimum atomic E-state index is -1.72. The van der Waals surface area contributed by atoms with Gasteiger partial charge in [0, 0.05) is 12.6 Å². The standard InChI is InChI=1S/C13H21ClN4OSi/c1-13(2,3)20(4,5)19-7-6-16-11-8-10(9-15)17-12(14)18-11/h8H,6-7H2,1-5H3,(H,16,17,18). The van der Waals surface area contributed by atoms with E-state index in [1.807, 2.05) is 6.07 Å². The third-order valence-corrected chi connectivity index (χ3v) is 8.20. The van der Waals surface area contributed by atoms with Gasteiger partial charge >= 0.3 is 0 Å². The molecule has 0 amide bonds. The molecular formula is C13H21ClN4OSi. The highest BCUT2D eigenvalue weighted by Gasteiger charge is 2.36. The molecule has 1 N–H and O–H groups in total. The van der Waals surface area contributed by atoms with E-state index in [4.69, 9.17) is 21.3 Å². The molecule has 0 aliphatic heterocycles. The number of rotatable bonds is 5. The summed E-state index contributed by atoms with van der Waals surface area (Å²) in [6.07, 6.45) is 0. The van der Waals surface area contributed by atoms with E-state index in [2.05, 4.69) is 49.1 Å². The van der Waals surface area contributed by atoms with Crippen molar-refractivity contribution >= 4 is 25.7 Å². The summed E-state index contributed by atoms with van der Waals surface area (Å²) >= 11 is 5.74. The predicted molar refractivity (Wildman–Crippen MR) is 83.4 cm³/mol. The first-order valence-corrected chi connectivity index (χ1v) is 9.77. The maximum absolute atomic E-state index is 8.81. The van der Waals surface area contributed by atoms with Crippen LogP contribution in [-0.2, 0) is 4.43 Å². The number of halogens is 1. The van der Waals surface area contributed by atoms with Gasteiger partial charge in [-0.3, -0.25) is 0 Å². The zero-order valence-electron chi connectivity index (χ0n) is 12.6. The van der Waals surface area contributed by atoms with Gasteiger partial charge in [-0.05, 0) is 29.7 Å². The van der Waals surface area contributed by atoms with Gasteiger partial charge in [-0.15, -0.1) is 0 Å². The van der Waals surface area contributed by atoms with E-state index in [1.165, 1.54) is 0 Å². The first kappa shape index (κ1) is 16.9. The Morgan fingerprint density at radius 3 is 2.60 bits per heavy atom. The van der Waals surface area contributed by atoms with E-state index in [-0.39, 0.29) is 16.0 Å². The summed E-state index contributed by atoms with van der Waals surface area (Å²) in [6.45, 7) is 12.2. The molecule has 20 heavy (non-hydrogen) atoms. The van der Waals surface area contributed by atoms with Gasteiger partial charge in [0.15, 0.2) is 8.32 Å². The fourth-order valence-corrected chi connectivity index (χ4v) is 2.49. The van der Waals surface area contributed by atoms with Crippen molar-refractivity contribution < 1.29 is 4.43 Å². The Morgan fingerprint density at radius 2 is 2.05 bits per heavy atom. The van der Waals surface area contributed by atoms with E-state index < -0.39 is 8.32 Å². The molecule has 0 saturated carbocycles. The van der Waals surface area contributed by atoms with Crippen molar-refractivity contribution in [2.45, 2.75) is 38.9 Å². The third kappa shape index (κ3) is 4.74. The number of hydrogen-bond acceptors (Lipinski definition) is 5. The summed E-state index contributed by atoms with van der Waals surface area (Å²) in [5, 5.41) is 12.2. The Kier molecular flexibility index (Phi) is 5.51. The predicted octanol–water partition coefficient (Wildman–Crippen LogP) is 3.44. The van der Waals surface area contributed by atoms with Crippen LogP contribution in [0.1, 0.15) is 26.5 Å². The Labute approximate surface area is 126 Å². The van der Waals surface area contributed by atoms with Gasteiger partial charge in [-0.1, -0.05) is 20.8 Å². The SMILES string of the molecule is CC(C)(C)[Si](C)(C)OCCNc1cc(C#N)nc(Cl)n1. The number of nitrogens with zero attached hydrogens (tertiary/aromatic N) is 3. The minimum Gasteiger partial charge on any atom is -0.415 e. The van der Waals surface area contributed by atoms with E-state index in [0.29, 0.717) is 19.0 Å². The highest BCUT2D eigenvalue weighted by atomic mass is 35.5. The molecule has 0 aliphatic carbocycles. The van der Waals surface area contributed by atoms with Crippen molar-refractivity contribution in [3.05, 3.63) is 17.0 Å². The largest absolute Gasteiger partial charge is 0.415 e. The van der Waals surface area contributed by atoms with Gasteiger partial charge in [0.05, 0.1) is 6.61 Å². The van der Waals surface area contributed by atoms with Crippen molar-refractivity contribution in [2.24, 2.45) is 0 Å². The number of aromatic nitrogens is 2. The van der Waals surface area contributed by atoms with Crippen molar-refractivity contribution in [2.75, 3.05) is 18.5 Å². The summed E-state index contributed by atoms with van der Waals surface area (Å²) in [4.78, 5) is 7.79. The van der Waals surface area contributed by atoms with E-state index in [1.54, 1.807) is 6.07 Å². The quantitative estimate of drug-likeness (QED) is 0.512. The van der Waals surface area contributed by atoms with Gasteiger partial charge in [-0.25, -0.2) is 9.97 Å². The molecule has 1 heterocycles. The third-order valence-electron chi connectivity index (χ3n) is 3.49. The fraction of sp³-hybridized carbons (Fsp3) is 0.615. The molecule has 0 bridgehead atoms. The molecule has 0 atom stereocenters. The first-order valence-electron chi connectivity index (χ1n) is 6.48. The lowest BCUT2D eigenvalue weighted by Crippen LogP contribution is -2.41. The van der Waals surface area contributed by atoms with E-state index >= 15 is 0 Å². The zero-order valence-corrected chi connectivity index (χ0v) is 14.4. The second kappa shape index (κ2) is 6.53. The van der Waals surface area contributed by atoms with Crippen LogP contribution in [0, 0.1) is 11.3 Å². The molecule has 0 unspecified atom stereocenters. The van der Waals surface area contributed by atoms with Gasteiger partial charge < -0.3 is 9.74 Å². The molecule has 0 radical (unpaired) electrons. The summed E-state index contributed by atoms with van der Waals surface area (Å²) in [5.41, 5.74) is 0.248. The lowest BCUT2D eigenvalue weighted by atomic mass is 10.2. The molecule has 0 fully saturated rings. The number of nitriles is 1. The average Bonchev–Trinajstić information content (AvgIpc) is 2.32.